The first-order valence-electron chi connectivity index (χ1n) is 12.6. The van der Waals surface area contributed by atoms with E-state index in [1.165, 1.54) is 4.31 Å². The first-order chi connectivity index (χ1) is 18.4. The number of aliphatic hydroxyl groups is 1. The summed E-state index contributed by atoms with van der Waals surface area (Å²) in [6.45, 7) is 2.82. The Labute approximate surface area is 226 Å². The van der Waals surface area contributed by atoms with Gasteiger partial charge in [-0.3, -0.25) is 0 Å². The summed E-state index contributed by atoms with van der Waals surface area (Å²) in [5, 5.41) is 9.49. The molecule has 1 atom stereocenters. The van der Waals surface area contributed by atoms with Gasteiger partial charge in [0.2, 0.25) is 10.0 Å². The summed E-state index contributed by atoms with van der Waals surface area (Å²) in [6.07, 6.45) is 4.49. The van der Waals surface area contributed by atoms with Crippen molar-refractivity contribution in [3.8, 4) is 11.5 Å². The minimum atomic E-state index is -3.88. The summed E-state index contributed by atoms with van der Waals surface area (Å²) in [7, 11) is -0.776. The first kappa shape index (κ1) is 29.4. The number of sulfonamides is 1. The van der Waals surface area contributed by atoms with Gasteiger partial charge >= 0.3 is 0 Å². The van der Waals surface area contributed by atoms with Crippen molar-refractivity contribution in [2.24, 2.45) is 0 Å². The number of ether oxygens (including phenoxy) is 3. The van der Waals surface area contributed by atoms with Gasteiger partial charge in [-0.1, -0.05) is 66.2 Å². The number of rotatable bonds is 15. The second-order valence-corrected chi connectivity index (χ2v) is 10.8. The van der Waals surface area contributed by atoms with Gasteiger partial charge in [0.15, 0.2) is 11.5 Å². The number of hydrogen-bond acceptors (Lipinski definition) is 6. The van der Waals surface area contributed by atoms with Crippen molar-refractivity contribution in [2.75, 3.05) is 27.4 Å². The zero-order valence-corrected chi connectivity index (χ0v) is 23.1. The van der Waals surface area contributed by atoms with E-state index >= 15 is 0 Å². The van der Waals surface area contributed by atoms with E-state index in [4.69, 9.17) is 14.2 Å². The maximum atomic E-state index is 13.9. The average Bonchev–Trinajstić information content (AvgIpc) is 2.94. The monoisotopic (exact) mass is 539 g/mol. The first-order valence-corrected chi connectivity index (χ1v) is 14.0. The molecular weight excluding hydrogens is 502 g/mol. The highest BCUT2D eigenvalue weighted by atomic mass is 32.2. The zero-order chi connectivity index (χ0) is 27.4. The largest absolute Gasteiger partial charge is 0.493 e. The molecule has 0 aliphatic rings. The summed E-state index contributed by atoms with van der Waals surface area (Å²) in [5.41, 5.74) is 2.81. The van der Waals surface area contributed by atoms with Gasteiger partial charge in [0.1, 0.15) is 0 Å². The number of aliphatic hydroxyl groups excluding tert-OH is 1. The lowest BCUT2D eigenvalue weighted by atomic mass is 10.1. The van der Waals surface area contributed by atoms with Crippen molar-refractivity contribution in [3.63, 3.8) is 0 Å². The summed E-state index contributed by atoms with van der Waals surface area (Å²) >= 11 is 0. The fourth-order valence-electron chi connectivity index (χ4n) is 4.10. The molecule has 0 radical (unpaired) electrons. The molecule has 8 heteroatoms. The molecule has 0 bridgehead atoms. The van der Waals surface area contributed by atoms with Gasteiger partial charge in [-0.2, -0.15) is 4.31 Å². The minimum Gasteiger partial charge on any atom is -0.493 e. The van der Waals surface area contributed by atoms with Crippen LogP contribution in [0.3, 0.4) is 0 Å². The van der Waals surface area contributed by atoms with Crippen LogP contribution < -0.4 is 9.47 Å². The van der Waals surface area contributed by atoms with Crippen molar-refractivity contribution in [3.05, 3.63) is 102 Å². The standard InChI is InChI=1S/C30H37NO6S/c1-24-13-16-28(17-14-24)38(33,34)31(22-26-15-18-29(35-2)30(21-26)36-3)27(11-7-19-32)12-8-20-37-23-25-9-5-4-6-10-25/h4-7,9-11,13-18,21,27,32H,8,12,19-20,22-23H2,1-3H3/b11-7+/t27-/m1/s1. The Kier molecular flexibility index (Phi) is 11.4. The summed E-state index contributed by atoms with van der Waals surface area (Å²) < 4.78 is 46.0. The van der Waals surface area contributed by atoms with E-state index in [-0.39, 0.29) is 18.0 Å². The Morgan fingerprint density at radius 2 is 1.63 bits per heavy atom. The molecule has 3 rings (SSSR count). The van der Waals surface area contributed by atoms with E-state index in [1.54, 1.807) is 62.8 Å². The van der Waals surface area contributed by atoms with Crippen LogP contribution in [0.1, 0.15) is 29.5 Å². The van der Waals surface area contributed by atoms with E-state index in [9.17, 15) is 13.5 Å². The van der Waals surface area contributed by atoms with Crippen molar-refractivity contribution in [2.45, 2.75) is 43.9 Å². The van der Waals surface area contributed by atoms with Crippen LogP contribution in [0.2, 0.25) is 0 Å². The smallest absolute Gasteiger partial charge is 0.243 e. The molecule has 0 heterocycles. The molecule has 0 aliphatic carbocycles. The number of nitrogens with zero attached hydrogens (tertiary/aromatic N) is 1. The van der Waals surface area contributed by atoms with Crippen molar-refractivity contribution >= 4 is 10.0 Å². The Morgan fingerprint density at radius 3 is 2.29 bits per heavy atom. The molecule has 0 amide bonds. The number of aryl methyl sites for hydroxylation is 1. The van der Waals surface area contributed by atoms with Crippen LogP contribution in [0.4, 0.5) is 0 Å². The zero-order valence-electron chi connectivity index (χ0n) is 22.2. The number of benzene rings is 3. The molecule has 204 valence electrons. The highest BCUT2D eigenvalue weighted by Crippen LogP contribution is 2.30. The van der Waals surface area contributed by atoms with Gasteiger partial charge in [0.05, 0.1) is 32.3 Å². The third-order valence-electron chi connectivity index (χ3n) is 6.15. The van der Waals surface area contributed by atoms with E-state index in [2.05, 4.69) is 0 Å². The van der Waals surface area contributed by atoms with Crippen LogP contribution in [0.15, 0.2) is 89.8 Å². The van der Waals surface area contributed by atoms with Crippen molar-refractivity contribution in [1.82, 2.24) is 4.31 Å². The molecule has 0 spiro atoms. The molecule has 1 N–H and O–H groups in total. The van der Waals surface area contributed by atoms with Crippen LogP contribution in [-0.2, 0) is 27.9 Å². The molecule has 0 aliphatic heterocycles. The average molecular weight is 540 g/mol. The van der Waals surface area contributed by atoms with E-state index < -0.39 is 16.1 Å². The molecule has 3 aromatic carbocycles. The predicted molar refractivity (Wildman–Crippen MR) is 149 cm³/mol. The van der Waals surface area contributed by atoms with Crippen LogP contribution in [-0.4, -0.2) is 51.3 Å². The number of hydrogen-bond donors (Lipinski definition) is 1. The van der Waals surface area contributed by atoms with Crippen LogP contribution in [0.5, 0.6) is 11.5 Å². The number of methoxy groups -OCH3 is 2. The third-order valence-corrected chi connectivity index (χ3v) is 8.03. The fourth-order valence-corrected chi connectivity index (χ4v) is 5.70. The van der Waals surface area contributed by atoms with Crippen molar-refractivity contribution < 1.29 is 27.7 Å². The Hall–Kier alpha value is -3.17. The lowest BCUT2D eigenvalue weighted by Crippen LogP contribution is -2.39. The Balaban J connectivity index is 1.86. The highest BCUT2D eigenvalue weighted by molar-refractivity contribution is 7.89. The maximum absolute atomic E-state index is 13.9. The second-order valence-electron chi connectivity index (χ2n) is 8.91. The molecule has 0 unspecified atom stereocenters. The summed E-state index contributed by atoms with van der Waals surface area (Å²) in [6, 6.07) is 21.6. The van der Waals surface area contributed by atoms with E-state index in [0.29, 0.717) is 37.6 Å². The summed E-state index contributed by atoms with van der Waals surface area (Å²) in [4.78, 5) is 0.214. The lowest BCUT2D eigenvalue weighted by molar-refractivity contribution is 0.114. The van der Waals surface area contributed by atoms with Gasteiger partial charge in [0, 0.05) is 19.2 Å². The van der Waals surface area contributed by atoms with Gasteiger partial charge in [-0.15, -0.1) is 0 Å². The highest BCUT2D eigenvalue weighted by Gasteiger charge is 2.30. The molecule has 38 heavy (non-hydrogen) atoms. The van der Waals surface area contributed by atoms with Crippen LogP contribution in [0, 0.1) is 6.92 Å². The molecule has 0 fully saturated rings. The molecule has 3 aromatic rings. The maximum Gasteiger partial charge on any atom is 0.243 e. The Morgan fingerprint density at radius 1 is 0.921 bits per heavy atom. The Bertz CT molecular complexity index is 1260. The topological polar surface area (TPSA) is 85.3 Å². The molecule has 0 saturated heterocycles. The van der Waals surface area contributed by atoms with E-state index in [1.807, 2.05) is 43.3 Å². The van der Waals surface area contributed by atoms with Crippen molar-refractivity contribution in [1.29, 1.82) is 0 Å². The molecule has 0 saturated carbocycles. The molecule has 7 nitrogen and oxygen atoms in total. The van der Waals surface area contributed by atoms with Gasteiger partial charge < -0.3 is 19.3 Å². The molecule has 0 aromatic heterocycles. The van der Waals surface area contributed by atoms with Gasteiger partial charge in [0.25, 0.3) is 0 Å². The molecular formula is C30H37NO6S. The van der Waals surface area contributed by atoms with Crippen LogP contribution >= 0.6 is 0 Å². The normalized spacial score (nSPS) is 12.7. The quantitative estimate of drug-likeness (QED) is 0.213. The van der Waals surface area contributed by atoms with Gasteiger partial charge in [-0.25, -0.2) is 8.42 Å². The summed E-state index contributed by atoms with van der Waals surface area (Å²) in [5.74, 6) is 1.09. The minimum absolute atomic E-state index is 0.113. The van der Waals surface area contributed by atoms with Gasteiger partial charge in [-0.05, 0) is 55.2 Å². The predicted octanol–water partition coefficient (Wildman–Crippen LogP) is 5.12. The SMILES string of the molecule is COc1ccc(CN([C@H](/C=C/CO)CCCOCc2ccccc2)S(=O)(=O)c2ccc(C)cc2)cc1OC. The van der Waals surface area contributed by atoms with Crippen LogP contribution in [0.25, 0.3) is 0 Å². The van der Waals surface area contributed by atoms with E-state index in [0.717, 1.165) is 16.7 Å². The fraction of sp³-hybridized carbons (Fsp3) is 0.333. The second kappa shape index (κ2) is 14.7. The lowest BCUT2D eigenvalue weighted by Gasteiger charge is -2.30. The third kappa shape index (κ3) is 8.16.